The number of thiophene rings is 1. The summed E-state index contributed by atoms with van der Waals surface area (Å²) in [6.07, 6.45) is 3.37. The number of ether oxygens (including phenoxy) is 2. The lowest BCUT2D eigenvalue weighted by atomic mass is 10.1. The molecule has 2 aromatic rings. The Bertz CT molecular complexity index is 815. The van der Waals surface area contributed by atoms with E-state index >= 15 is 0 Å². The lowest BCUT2D eigenvalue weighted by Gasteiger charge is -2.34. The Kier molecular flexibility index (Phi) is 7.36. The third-order valence-corrected chi connectivity index (χ3v) is 5.64. The van der Waals surface area contributed by atoms with Gasteiger partial charge in [-0.05, 0) is 53.1 Å². The molecule has 7 heteroatoms. The molecule has 150 valence electrons. The van der Waals surface area contributed by atoms with Crippen molar-refractivity contribution in [1.82, 2.24) is 9.80 Å². The summed E-state index contributed by atoms with van der Waals surface area (Å²) in [5.74, 6) is 1.10. The minimum atomic E-state index is 0.0131. The largest absolute Gasteiger partial charge is 0.493 e. The van der Waals surface area contributed by atoms with Gasteiger partial charge in [0.1, 0.15) is 0 Å². The van der Waals surface area contributed by atoms with Gasteiger partial charge in [0.25, 0.3) is 0 Å². The van der Waals surface area contributed by atoms with E-state index < -0.39 is 0 Å². The number of benzene rings is 1. The first-order chi connectivity index (χ1) is 13.6. The number of carbonyl (C=O) groups is 1. The minimum Gasteiger partial charge on any atom is -0.493 e. The average Bonchev–Trinajstić information content (AvgIpc) is 3.21. The van der Waals surface area contributed by atoms with Crippen LogP contribution in [0.4, 0.5) is 0 Å². The molecule has 1 saturated heterocycles. The topological polar surface area (TPSA) is 42.0 Å². The molecule has 0 aliphatic carbocycles. The third-order valence-electron chi connectivity index (χ3n) is 4.63. The molecule has 5 nitrogen and oxygen atoms in total. The third kappa shape index (κ3) is 5.28. The van der Waals surface area contributed by atoms with Crippen LogP contribution >= 0.6 is 22.9 Å². The summed E-state index contributed by atoms with van der Waals surface area (Å²) in [5.41, 5.74) is 2.14. The maximum atomic E-state index is 12.5. The molecule has 3 rings (SSSR count). The van der Waals surface area contributed by atoms with Crippen LogP contribution in [0.3, 0.4) is 0 Å². The molecule has 0 bridgehead atoms. The molecule has 0 atom stereocenters. The van der Waals surface area contributed by atoms with E-state index in [0.717, 1.165) is 38.3 Å². The Morgan fingerprint density at radius 3 is 2.71 bits per heavy atom. The zero-order valence-electron chi connectivity index (χ0n) is 16.2. The fraction of sp³-hybridized carbons (Fsp3) is 0.381. The van der Waals surface area contributed by atoms with Crippen molar-refractivity contribution in [2.75, 3.05) is 39.9 Å². The van der Waals surface area contributed by atoms with Crippen LogP contribution in [0, 0.1) is 0 Å². The van der Waals surface area contributed by atoms with Crippen LogP contribution in [0.25, 0.3) is 6.08 Å². The standard InChI is InChI=1S/C21H25ClN2O3S/c1-3-27-21-18(22)12-16(13-19(21)26-2)4-5-20(25)24-9-7-23(8-10-24)14-17-6-11-28-15-17/h4-6,11-13,15H,3,7-10,14H2,1-2H3/b5-4+. The SMILES string of the molecule is CCOc1c(Cl)cc(/C=C/C(=O)N2CCN(Cc3ccsc3)CC2)cc1OC. The van der Waals surface area contributed by atoms with Gasteiger partial charge in [-0.3, -0.25) is 9.69 Å². The molecule has 28 heavy (non-hydrogen) atoms. The zero-order valence-corrected chi connectivity index (χ0v) is 17.8. The first-order valence-corrected chi connectivity index (χ1v) is 10.6. The van der Waals surface area contributed by atoms with E-state index in [0.29, 0.717) is 23.1 Å². The van der Waals surface area contributed by atoms with Crippen molar-refractivity contribution < 1.29 is 14.3 Å². The summed E-state index contributed by atoms with van der Waals surface area (Å²) in [6, 6.07) is 5.75. The Morgan fingerprint density at radius 2 is 2.07 bits per heavy atom. The van der Waals surface area contributed by atoms with E-state index in [9.17, 15) is 4.79 Å². The van der Waals surface area contributed by atoms with E-state index in [1.807, 2.05) is 17.9 Å². The van der Waals surface area contributed by atoms with Gasteiger partial charge >= 0.3 is 0 Å². The van der Waals surface area contributed by atoms with Gasteiger partial charge in [0.15, 0.2) is 11.5 Å². The molecular weight excluding hydrogens is 396 g/mol. The Balaban J connectivity index is 1.57. The van der Waals surface area contributed by atoms with Crippen LogP contribution in [0.1, 0.15) is 18.1 Å². The molecular formula is C21H25ClN2O3S. The van der Waals surface area contributed by atoms with Crippen molar-refractivity contribution in [2.24, 2.45) is 0 Å². The van der Waals surface area contributed by atoms with Gasteiger partial charge in [0.2, 0.25) is 5.91 Å². The molecule has 1 aromatic heterocycles. The zero-order chi connectivity index (χ0) is 19.9. The molecule has 2 heterocycles. The van der Waals surface area contributed by atoms with Crippen molar-refractivity contribution in [3.8, 4) is 11.5 Å². The summed E-state index contributed by atoms with van der Waals surface area (Å²) in [6.45, 7) is 6.59. The predicted molar refractivity (Wildman–Crippen MR) is 114 cm³/mol. The second kappa shape index (κ2) is 9.96. The molecule has 0 radical (unpaired) electrons. The van der Waals surface area contributed by atoms with E-state index in [1.54, 1.807) is 36.7 Å². The maximum Gasteiger partial charge on any atom is 0.246 e. The first kappa shape index (κ1) is 20.7. The lowest BCUT2D eigenvalue weighted by Crippen LogP contribution is -2.47. The molecule has 1 fully saturated rings. The smallest absolute Gasteiger partial charge is 0.246 e. The number of carbonyl (C=O) groups excluding carboxylic acids is 1. The van der Waals surface area contributed by atoms with Gasteiger partial charge < -0.3 is 14.4 Å². The fourth-order valence-corrected chi connectivity index (χ4v) is 4.09. The van der Waals surface area contributed by atoms with Crippen LogP contribution < -0.4 is 9.47 Å². The minimum absolute atomic E-state index is 0.0131. The molecule has 0 unspecified atom stereocenters. The highest BCUT2D eigenvalue weighted by molar-refractivity contribution is 7.07. The summed E-state index contributed by atoms with van der Waals surface area (Å²) in [4.78, 5) is 16.8. The Morgan fingerprint density at radius 1 is 1.29 bits per heavy atom. The van der Waals surface area contributed by atoms with Crippen molar-refractivity contribution in [1.29, 1.82) is 0 Å². The van der Waals surface area contributed by atoms with Gasteiger partial charge in [-0.2, -0.15) is 11.3 Å². The quantitative estimate of drug-likeness (QED) is 0.630. The number of halogens is 1. The highest BCUT2D eigenvalue weighted by atomic mass is 35.5. The average molecular weight is 421 g/mol. The number of rotatable bonds is 7. The Hall–Kier alpha value is -2.02. The molecule has 1 amide bonds. The van der Waals surface area contributed by atoms with E-state index in [1.165, 1.54) is 5.56 Å². The van der Waals surface area contributed by atoms with Gasteiger partial charge in [-0.1, -0.05) is 11.6 Å². The van der Waals surface area contributed by atoms with Crippen molar-refractivity contribution in [3.63, 3.8) is 0 Å². The van der Waals surface area contributed by atoms with Crippen LogP contribution in [-0.2, 0) is 11.3 Å². The van der Waals surface area contributed by atoms with E-state index in [2.05, 4.69) is 21.7 Å². The Labute approximate surface area is 175 Å². The van der Waals surface area contributed by atoms with Crippen molar-refractivity contribution in [2.45, 2.75) is 13.5 Å². The number of piperazine rings is 1. The number of amides is 1. The summed E-state index contributed by atoms with van der Waals surface area (Å²) in [5, 5.41) is 4.74. The monoisotopic (exact) mass is 420 g/mol. The van der Waals surface area contributed by atoms with Gasteiger partial charge in [0.05, 0.1) is 18.7 Å². The summed E-state index contributed by atoms with van der Waals surface area (Å²) >= 11 is 8.01. The molecule has 0 saturated carbocycles. The van der Waals surface area contributed by atoms with Crippen LogP contribution in [0.2, 0.25) is 5.02 Å². The molecule has 1 aliphatic heterocycles. The number of methoxy groups -OCH3 is 1. The van der Waals surface area contributed by atoms with Crippen LogP contribution in [0.5, 0.6) is 11.5 Å². The predicted octanol–water partition coefficient (Wildman–Crippen LogP) is 4.17. The molecule has 1 aromatic carbocycles. The maximum absolute atomic E-state index is 12.5. The second-order valence-corrected chi connectivity index (χ2v) is 7.72. The molecule has 0 N–H and O–H groups in total. The van der Waals surface area contributed by atoms with Crippen LogP contribution in [0.15, 0.2) is 35.0 Å². The normalized spacial score (nSPS) is 15.2. The first-order valence-electron chi connectivity index (χ1n) is 9.31. The van der Waals surface area contributed by atoms with E-state index in [-0.39, 0.29) is 5.91 Å². The summed E-state index contributed by atoms with van der Waals surface area (Å²) in [7, 11) is 1.57. The second-order valence-electron chi connectivity index (χ2n) is 6.53. The van der Waals surface area contributed by atoms with Gasteiger partial charge in [-0.25, -0.2) is 0 Å². The number of hydrogen-bond donors (Lipinski definition) is 0. The fourth-order valence-electron chi connectivity index (χ4n) is 3.16. The van der Waals surface area contributed by atoms with Gasteiger partial charge in [-0.15, -0.1) is 0 Å². The van der Waals surface area contributed by atoms with Crippen LogP contribution in [-0.4, -0.2) is 55.6 Å². The highest BCUT2D eigenvalue weighted by Gasteiger charge is 2.19. The molecule has 0 spiro atoms. The number of hydrogen-bond acceptors (Lipinski definition) is 5. The lowest BCUT2D eigenvalue weighted by molar-refractivity contribution is -0.127. The van der Waals surface area contributed by atoms with E-state index in [4.69, 9.17) is 21.1 Å². The molecule has 1 aliphatic rings. The summed E-state index contributed by atoms with van der Waals surface area (Å²) < 4.78 is 10.9. The van der Waals surface area contributed by atoms with Crippen molar-refractivity contribution in [3.05, 3.63) is 51.2 Å². The highest BCUT2D eigenvalue weighted by Crippen LogP contribution is 2.36. The number of nitrogens with zero attached hydrogens (tertiary/aromatic N) is 2. The van der Waals surface area contributed by atoms with Crippen molar-refractivity contribution >= 4 is 34.9 Å². The van der Waals surface area contributed by atoms with Gasteiger partial charge in [0, 0.05) is 38.8 Å².